The highest BCUT2D eigenvalue weighted by Gasteiger charge is 2.19. The molecule has 0 aliphatic carbocycles. The van der Waals surface area contributed by atoms with E-state index < -0.39 is 0 Å². The second kappa shape index (κ2) is 5.55. The summed E-state index contributed by atoms with van der Waals surface area (Å²) >= 11 is 6.19. The van der Waals surface area contributed by atoms with Crippen LogP contribution in [-0.2, 0) is 12.0 Å². The van der Waals surface area contributed by atoms with Crippen molar-refractivity contribution in [3.05, 3.63) is 28.5 Å². The summed E-state index contributed by atoms with van der Waals surface area (Å²) in [6.07, 6.45) is 1.90. The molecular weight excluding hydrogens is 246 g/mol. The number of hydrogen-bond acceptors (Lipinski definition) is 3. The largest absolute Gasteiger partial charge is 0.314 e. The molecule has 18 heavy (non-hydrogen) atoms. The van der Waals surface area contributed by atoms with Crippen LogP contribution in [0.15, 0.2) is 12.3 Å². The van der Waals surface area contributed by atoms with Crippen LogP contribution in [0.4, 0.5) is 0 Å². The van der Waals surface area contributed by atoms with Gasteiger partial charge >= 0.3 is 0 Å². The molecule has 1 aliphatic heterocycles. The monoisotopic (exact) mass is 267 g/mol. The second-order valence-corrected chi connectivity index (χ2v) is 6.32. The predicted molar refractivity (Wildman–Crippen MR) is 76.1 cm³/mol. The van der Waals surface area contributed by atoms with Crippen molar-refractivity contribution in [1.82, 2.24) is 15.2 Å². The second-order valence-electron chi connectivity index (χ2n) is 5.96. The minimum Gasteiger partial charge on any atom is -0.314 e. The Hall–Kier alpha value is -0.640. The molecule has 0 saturated carbocycles. The van der Waals surface area contributed by atoms with E-state index in [9.17, 15) is 0 Å². The third kappa shape index (κ3) is 3.44. The zero-order valence-electron chi connectivity index (χ0n) is 11.5. The lowest BCUT2D eigenvalue weighted by atomic mass is 9.87. The Balaban J connectivity index is 2.14. The number of aromatic nitrogens is 1. The summed E-state index contributed by atoms with van der Waals surface area (Å²) < 4.78 is 0. The van der Waals surface area contributed by atoms with Gasteiger partial charge < -0.3 is 5.32 Å². The Bertz CT molecular complexity index is 406. The molecule has 0 aromatic carbocycles. The van der Waals surface area contributed by atoms with Crippen molar-refractivity contribution < 1.29 is 0 Å². The molecule has 1 aromatic rings. The predicted octanol–water partition coefficient (Wildman–Crippen LogP) is 2.44. The summed E-state index contributed by atoms with van der Waals surface area (Å²) in [4.78, 5) is 6.79. The molecule has 0 unspecified atom stereocenters. The van der Waals surface area contributed by atoms with Gasteiger partial charge in [-0.25, -0.2) is 4.98 Å². The van der Waals surface area contributed by atoms with Crippen LogP contribution in [0.5, 0.6) is 0 Å². The fourth-order valence-corrected chi connectivity index (χ4v) is 2.62. The van der Waals surface area contributed by atoms with E-state index in [1.807, 2.05) is 6.20 Å². The number of pyridine rings is 1. The van der Waals surface area contributed by atoms with Gasteiger partial charge in [0.1, 0.15) is 5.15 Å². The molecule has 4 heteroatoms. The summed E-state index contributed by atoms with van der Waals surface area (Å²) in [5, 5.41) is 4.00. The Kier molecular flexibility index (Phi) is 4.25. The van der Waals surface area contributed by atoms with Gasteiger partial charge in [0.25, 0.3) is 0 Å². The average Bonchev–Trinajstić information content (AvgIpc) is 2.31. The first-order valence-corrected chi connectivity index (χ1v) is 6.92. The van der Waals surface area contributed by atoms with Crippen LogP contribution in [0.25, 0.3) is 0 Å². The SMILES string of the molecule is CC(C)(C)c1cc(CN2CCNCC2)cnc1Cl. The molecule has 1 fully saturated rings. The maximum atomic E-state index is 6.19. The molecule has 2 rings (SSSR count). The Morgan fingerprint density at radius 2 is 2.00 bits per heavy atom. The van der Waals surface area contributed by atoms with E-state index in [1.165, 1.54) is 5.56 Å². The van der Waals surface area contributed by atoms with E-state index in [0.29, 0.717) is 5.15 Å². The van der Waals surface area contributed by atoms with Crippen LogP contribution in [-0.4, -0.2) is 36.1 Å². The van der Waals surface area contributed by atoms with Crippen LogP contribution in [0.3, 0.4) is 0 Å². The molecule has 1 N–H and O–H groups in total. The van der Waals surface area contributed by atoms with E-state index in [0.717, 1.165) is 38.3 Å². The number of nitrogens with zero attached hydrogens (tertiary/aromatic N) is 2. The van der Waals surface area contributed by atoms with Gasteiger partial charge in [-0.3, -0.25) is 4.90 Å². The van der Waals surface area contributed by atoms with Crippen molar-refractivity contribution in [3.8, 4) is 0 Å². The molecule has 0 bridgehead atoms. The summed E-state index contributed by atoms with van der Waals surface area (Å²) in [7, 11) is 0. The molecule has 2 heterocycles. The maximum Gasteiger partial charge on any atom is 0.132 e. The number of piperazine rings is 1. The average molecular weight is 268 g/mol. The van der Waals surface area contributed by atoms with Crippen LogP contribution >= 0.6 is 11.6 Å². The summed E-state index contributed by atoms with van der Waals surface area (Å²) in [6, 6.07) is 2.21. The molecule has 1 aromatic heterocycles. The van der Waals surface area contributed by atoms with Gasteiger partial charge in [-0.05, 0) is 22.6 Å². The van der Waals surface area contributed by atoms with Crippen LogP contribution in [0, 0.1) is 0 Å². The van der Waals surface area contributed by atoms with Gasteiger partial charge in [0.15, 0.2) is 0 Å². The van der Waals surface area contributed by atoms with Gasteiger partial charge in [-0.1, -0.05) is 32.4 Å². The first-order chi connectivity index (χ1) is 8.47. The van der Waals surface area contributed by atoms with E-state index in [4.69, 9.17) is 11.6 Å². The smallest absolute Gasteiger partial charge is 0.132 e. The quantitative estimate of drug-likeness (QED) is 0.835. The normalized spacial score (nSPS) is 18.0. The van der Waals surface area contributed by atoms with Gasteiger partial charge in [0.2, 0.25) is 0 Å². The first-order valence-electron chi connectivity index (χ1n) is 6.55. The lowest BCUT2D eigenvalue weighted by molar-refractivity contribution is 0.233. The molecule has 0 spiro atoms. The highest BCUT2D eigenvalue weighted by molar-refractivity contribution is 6.30. The van der Waals surface area contributed by atoms with E-state index in [-0.39, 0.29) is 5.41 Å². The molecule has 0 atom stereocenters. The van der Waals surface area contributed by atoms with Crippen molar-refractivity contribution in [1.29, 1.82) is 0 Å². The Labute approximate surface area is 115 Å². The van der Waals surface area contributed by atoms with E-state index >= 15 is 0 Å². The standard InChI is InChI=1S/C14H22ClN3/c1-14(2,3)12-8-11(9-17-13(12)15)10-18-6-4-16-5-7-18/h8-9,16H,4-7,10H2,1-3H3. The van der Waals surface area contributed by atoms with Crippen LogP contribution in [0.2, 0.25) is 5.15 Å². The van der Waals surface area contributed by atoms with Crippen molar-refractivity contribution >= 4 is 11.6 Å². The highest BCUT2D eigenvalue weighted by atomic mass is 35.5. The third-order valence-corrected chi connectivity index (χ3v) is 3.62. The Morgan fingerprint density at radius 3 is 2.61 bits per heavy atom. The number of halogens is 1. The molecule has 100 valence electrons. The lowest BCUT2D eigenvalue weighted by Gasteiger charge is -2.28. The number of rotatable bonds is 2. The summed E-state index contributed by atoms with van der Waals surface area (Å²) in [6.45, 7) is 11.8. The van der Waals surface area contributed by atoms with Crippen LogP contribution < -0.4 is 5.32 Å². The fraction of sp³-hybridized carbons (Fsp3) is 0.643. The van der Waals surface area contributed by atoms with Crippen molar-refractivity contribution in [2.45, 2.75) is 32.7 Å². The molecule has 0 amide bonds. The summed E-state index contributed by atoms with van der Waals surface area (Å²) in [5.41, 5.74) is 2.44. The molecular formula is C14H22ClN3. The highest BCUT2D eigenvalue weighted by Crippen LogP contribution is 2.28. The molecule has 1 aliphatic rings. The number of nitrogens with one attached hydrogen (secondary N) is 1. The number of hydrogen-bond donors (Lipinski definition) is 1. The van der Waals surface area contributed by atoms with Crippen molar-refractivity contribution in [2.24, 2.45) is 0 Å². The molecule has 1 saturated heterocycles. The van der Waals surface area contributed by atoms with Crippen molar-refractivity contribution in [2.75, 3.05) is 26.2 Å². The van der Waals surface area contributed by atoms with Gasteiger partial charge in [-0.2, -0.15) is 0 Å². The van der Waals surface area contributed by atoms with E-state index in [2.05, 4.69) is 42.0 Å². The van der Waals surface area contributed by atoms with Gasteiger partial charge in [0.05, 0.1) is 0 Å². The van der Waals surface area contributed by atoms with Crippen LogP contribution in [0.1, 0.15) is 31.9 Å². The minimum absolute atomic E-state index is 0.0452. The maximum absolute atomic E-state index is 6.19. The zero-order chi connectivity index (χ0) is 13.2. The lowest BCUT2D eigenvalue weighted by Crippen LogP contribution is -2.42. The summed E-state index contributed by atoms with van der Waals surface area (Å²) in [5.74, 6) is 0. The van der Waals surface area contributed by atoms with Crippen molar-refractivity contribution in [3.63, 3.8) is 0 Å². The fourth-order valence-electron chi connectivity index (χ4n) is 2.23. The van der Waals surface area contributed by atoms with Gasteiger partial charge in [0, 0.05) is 38.9 Å². The minimum atomic E-state index is 0.0452. The third-order valence-electron chi connectivity index (χ3n) is 3.32. The molecule has 3 nitrogen and oxygen atoms in total. The topological polar surface area (TPSA) is 28.2 Å². The zero-order valence-corrected chi connectivity index (χ0v) is 12.2. The molecule has 0 radical (unpaired) electrons. The van der Waals surface area contributed by atoms with Gasteiger partial charge in [-0.15, -0.1) is 0 Å². The Morgan fingerprint density at radius 1 is 1.33 bits per heavy atom. The van der Waals surface area contributed by atoms with E-state index in [1.54, 1.807) is 0 Å². The first kappa shape index (κ1) is 13.8.